The molecule has 0 aliphatic rings. The molecule has 0 aliphatic heterocycles. The third-order valence-electron chi connectivity index (χ3n) is 2.38. The molecule has 1 rings (SSSR count). The maximum Gasteiger partial charge on any atom is 0.240 e. The minimum atomic E-state index is 0.683. The lowest BCUT2D eigenvalue weighted by Gasteiger charge is -2.09. The third kappa shape index (κ3) is 1.81. The van der Waals surface area contributed by atoms with E-state index in [9.17, 15) is 4.79 Å². The van der Waals surface area contributed by atoms with Crippen LogP contribution in [0.5, 0.6) is 0 Å². The Labute approximate surface area is 84.0 Å². The van der Waals surface area contributed by atoms with Crippen LogP contribution in [-0.4, -0.2) is 6.08 Å². The van der Waals surface area contributed by atoms with E-state index in [0.717, 1.165) is 22.3 Å². The molecule has 0 fully saturated rings. The lowest BCUT2D eigenvalue weighted by molar-refractivity contribution is 0.565. The van der Waals surface area contributed by atoms with Crippen LogP contribution >= 0.6 is 0 Å². The van der Waals surface area contributed by atoms with Gasteiger partial charge in [-0.2, -0.15) is 4.99 Å². The summed E-state index contributed by atoms with van der Waals surface area (Å²) in [6.07, 6.45) is 1.55. The fourth-order valence-corrected chi connectivity index (χ4v) is 1.44. The van der Waals surface area contributed by atoms with Gasteiger partial charge in [0, 0.05) is 0 Å². The first-order chi connectivity index (χ1) is 6.57. The number of nitrogens with zero attached hydrogens (tertiary/aromatic N) is 1. The molecule has 1 aromatic carbocycles. The Morgan fingerprint density at radius 3 is 2.50 bits per heavy atom. The molecule has 0 bridgehead atoms. The molecule has 0 saturated carbocycles. The highest BCUT2D eigenvalue weighted by molar-refractivity contribution is 5.69. The van der Waals surface area contributed by atoms with Gasteiger partial charge in [0.15, 0.2) is 0 Å². The number of allylic oxidation sites excluding steroid dienone is 1. The third-order valence-corrected chi connectivity index (χ3v) is 2.38. The molecule has 0 unspecified atom stereocenters. The second-order valence-corrected chi connectivity index (χ2v) is 3.37. The van der Waals surface area contributed by atoms with E-state index in [-0.39, 0.29) is 0 Å². The smallest absolute Gasteiger partial charge is 0.211 e. The molecule has 0 aliphatic carbocycles. The van der Waals surface area contributed by atoms with E-state index >= 15 is 0 Å². The van der Waals surface area contributed by atoms with Crippen molar-refractivity contribution in [2.24, 2.45) is 4.99 Å². The second-order valence-electron chi connectivity index (χ2n) is 3.37. The summed E-state index contributed by atoms with van der Waals surface area (Å²) < 4.78 is 0. The van der Waals surface area contributed by atoms with Crippen molar-refractivity contribution >= 4 is 17.3 Å². The lowest BCUT2D eigenvalue weighted by Crippen LogP contribution is -1.89. The predicted octanol–water partition coefficient (Wildman–Crippen LogP) is 3.30. The first-order valence-corrected chi connectivity index (χ1v) is 4.42. The molecule has 0 heterocycles. The molecule has 0 amide bonds. The fourth-order valence-electron chi connectivity index (χ4n) is 1.44. The summed E-state index contributed by atoms with van der Waals surface area (Å²) in [5, 5.41) is 0. The van der Waals surface area contributed by atoms with Crippen molar-refractivity contribution in [2.45, 2.75) is 20.8 Å². The molecule has 0 saturated heterocycles. The Morgan fingerprint density at radius 1 is 1.36 bits per heavy atom. The lowest BCUT2D eigenvalue weighted by atomic mass is 9.97. The minimum absolute atomic E-state index is 0.683. The molecule has 0 spiro atoms. The quantitative estimate of drug-likeness (QED) is 0.516. The van der Waals surface area contributed by atoms with Crippen molar-refractivity contribution in [1.82, 2.24) is 0 Å². The number of carbonyl (C=O) groups excluding carboxylic acids is 1. The van der Waals surface area contributed by atoms with Gasteiger partial charge in [-0.3, -0.25) is 0 Å². The minimum Gasteiger partial charge on any atom is -0.211 e. The van der Waals surface area contributed by atoms with Crippen molar-refractivity contribution < 1.29 is 4.79 Å². The molecule has 0 radical (unpaired) electrons. The monoisotopic (exact) mass is 187 g/mol. The van der Waals surface area contributed by atoms with Crippen LogP contribution in [0.15, 0.2) is 23.7 Å². The van der Waals surface area contributed by atoms with Crippen molar-refractivity contribution in [2.75, 3.05) is 0 Å². The molecule has 0 atom stereocenters. The van der Waals surface area contributed by atoms with Crippen molar-refractivity contribution in [1.29, 1.82) is 0 Å². The summed E-state index contributed by atoms with van der Waals surface area (Å²) in [6.45, 7) is 9.80. The molecular formula is C12H13NO. The van der Waals surface area contributed by atoms with Crippen molar-refractivity contribution in [3.8, 4) is 0 Å². The van der Waals surface area contributed by atoms with Crippen LogP contribution < -0.4 is 0 Å². The van der Waals surface area contributed by atoms with Crippen LogP contribution in [0.1, 0.15) is 23.6 Å². The first kappa shape index (κ1) is 10.4. The standard InChI is InChI=1S/C12H13NO/c1-8(2)11-5-6-12(13-7-14)10(4)9(11)3/h5-6H,1H2,2-4H3. The van der Waals surface area contributed by atoms with E-state index in [1.807, 2.05) is 32.9 Å². The van der Waals surface area contributed by atoms with Gasteiger partial charge in [-0.25, -0.2) is 4.79 Å². The zero-order valence-electron chi connectivity index (χ0n) is 8.72. The highest BCUT2D eigenvalue weighted by Gasteiger charge is 2.05. The van der Waals surface area contributed by atoms with Gasteiger partial charge in [-0.15, -0.1) is 0 Å². The Bertz CT molecular complexity index is 399. The molecular weight excluding hydrogens is 174 g/mol. The van der Waals surface area contributed by atoms with Gasteiger partial charge in [0.25, 0.3) is 0 Å². The van der Waals surface area contributed by atoms with Gasteiger partial charge in [-0.05, 0) is 43.5 Å². The number of hydrogen-bond acceptors (Lipinski definition) is 2. The summed E-state index contributed by atoms with van der Waals surface area (Å²) in [5.41, 5.74) is 4.95. The summed E-state index contributed by atoms with van der Waals surface area (Å²) in [6, 6.07) is 3.75. The normalized spacial score (nSPS) is 9.36. The topological polar surface area (TPSA) is 29.4 Å². The van der Waals surface area contributed by atoms with Gasteiger partial charge in [-0.1, -0.05) is 18.2 Å². The average Bonchev–Trinajstić information content (AvgIpc) is 2.13. The maximum absolute atomic E-state index is 10.1. The molecule has 72 valence electrons. The van der Waals surface area contributed by atoms with Crippen LogP contribution in [0.2, 0.25) is 0 Å². The van der Waals surface area contributed by atoms with Crippen molar-refractivity contribution in [3.63, 3.8) is 0 Å². The molecule has 1 aromatic rings. The molecule has 2 heteroatoms. The van der Waals surface area contributed by atoms with E-state index < -0.39 is 0 Å². The number of hydrogen-bond donors (Lipinski definition) is 0. The zero-order valence-corrected chi connectivity index (χ0v) is 8.72. The van der Waals surface area contributed by atoms with E-state index in [1.54, 1.807) is 6.08 Å². The highest BCUT2D eigenvalue weighted by atomic mass is 16.1. The van der Waals surface area contributed by atoms with Gasteiger partial charge in [0.1, 0.15) is 0 Å². The highest BCUT2D eigenvalue weighted by Crippen LogP contribution is 2.27. The van der Waals surface area contributed by atoms with Gasteiger partial charge in [0.2, 0.25) is 6.08 Å². The molecule has 0 aromatic heterocycles. The first-order valence-electron chi connectivity index (χ1n) is 4.42. The number of benzene rings is 1. The van der Waals surface area contributed by atoms with E-state index in [2.05, 4.69) is 11.6 Å². The summed E-state index contributed by atoms with van der Waals surface area (Å²) in [4.78, 5) is 13.8. The van der Waals surface area contributed by atoms with E-state index in [0.29, 0.717) is 5.69 Å². The van der Waals surface area contributed by atoms with Crippen LogP contribution in [0.3, 0.4) is 0 Å². The predicted molar refractivity (Wildman–Crippen MR) is 58.4 cm³/mol. The zero-order chi connectivity index (χ0) is 10.7. The van der Waals surface area contributed by atoms with Gasteiger partial charge in [0.05, 0.1) is 5.69 Å². The van der Waals surface area contributed by atoms with Gasteiger partial charge >= 0.3 is 0 Å². The Balaban J connectivity index is 3.40. The van der Waals surface area contributed by atoms with Crippen LogP contribution in [-0.2, 0) is 4.79 Å². The number of rotatable bonds is 2. The van der Waals surface area contributed by atoms with Crippen molar-refractivity contribution in [3.05, 3.63) is 35.4 Å². The SMILES string of the molecule is C=C(C)c1ccc(N=C=O)c(C)c1C. The van der Waals surface area contributed by atoms with Gasteiger partial charge < -0.3 is 0 Å². The number of isocyanates is 1. The summed E-state index contributed by atoms with van der Waals surface area (Å²) in [5.74, 6) is 0. The van der Waals surface area contributed by atoms with Crippen LogP contribution in [0, 0.1) is 13.8 Å². The Kier molecular flexibility index (Phi) is 3.00. The summed E-state index contributed by atoms with van der Waals surface area (Å²) >= 11 is 0. The second kappa shape index (κ2) is 4.03. The van der Waals surface area contributed by atoms with E-state index in [1.165, 1.54) is 0 Å². The fraction of sp³-hybridized carbons (Fsp3) is 0.250. The molecule has 0 N–H and O–H groups in total. The van der Waals surface area contributed by atoms with E-state index in [4.69, 9.17) is 0 Å². The Hall–Kier alpha value is -1.66. The Morgan fingerprint density at radius 2 is 2.00 bits per heavy atom. The molecule has 14 heavy (non-hydrogen) atoms. The molecule has 2 nitrogen and oxygen atoms in total. The number of aliphatic imine (C=N–C) groups is 1. The van der Waals surface area contributed by atoms with Crippen LogP contribution in [0.4, 0.5) is 5.69 Å². The summed E-state index contributed by atoms with van der Waals surface area (Å²) in [7, 11) is 0. The largest absolute Gasteiger partial charge is 0.240 e. The maximum atomic E-state index is 10.1. The average molecular weight is 187 g/mol. The van der Waals surface area contributed by atoms with Crippen LogP contribution in [0.25, 0.3) is 5.57 Å².